The molecule has 4 unspecified atom stereocenters. The van der Waals surface area contributed by atoms with Gasteiger partial charge in [0.25, 0.3) is 15.9 Å². The number of sulfonamides is 1. The number of nitrogens with one attached hydrogen (secondary N) is 1. The molecule has 0 saturated carbocycles. The maximum Gasteiger partial charge on any atom is 0.269 e. The number of hydrazone groups is 1. The van der Waals surface area contributed by atoms with E-state index in [9.17, 15) is 28.5 Å². The fraction of sp³-hybridized carbons (Fsp3) is 0.350. The summed E-state index contributed by atoms with van der Waals surface area (Å²) < 4.78 is 33.2. The lowest BCUT2D eigenvalue weighted by Crippen LogP contribution is -2.34. The van der Waals surface area contributed by atoms with E-state index in [-0.39, 0.29) is 45.6 Å². The first-order valence-corrected chi connectivity index (χ1v) is 12.1. The van der Waals surface area contributed by atoms with Crippen molar-refractivity contribution in [3.05, 3.63) is 36.2 Å². The summed E-state index contributed by atoms with van der Waals surface area (Å²) in [5.41, 5.74) is 9.16. The van der Waals surface area contributed by atoms with E-state index >= 15 is 0 Å². The maximum absolute atomic E-state index is 12.8. The van der Waals surface area contributed by atoms with Gasteiger partial charge in [-0.2, -0.15) is 5.10 Å². The average molecular weight is 519 g/mol. The molecule has 0 spiro atoms. The standard InChI is InChI=1S/C20H22N8O7S/c1-9(6-27-18(32)10-4-2-3-5-12(10)36(27,33)34)25-26-20-24-13-16(21)22-8-23-17(13)28(20)19-15(31)14(30)11(7-29)35-19/h2-5,8,11,14-15,19,29-31H,6-7H2,1H3,(H,24,26)(H2,21,22,23)/b25-9+. The van der Waals surface area contributed by atoms with Gasteiger partial charge in [0.1, 0.15) is 29.5 Å². The van der Waals surface area contributed by atoms with Gasteiger partial charge in [0.2, 0.25) is 5.95 Å². The van der Waals surface area contributed by atoms with E-state index in [1.807, 2.05) is 0 Å². The van der Waals surface area contributed by atoms with Crippen molar-refractivity contribution in [3.8, 4) is 0 Å². The van der Waals surface area contributed by atoms with E-state index in [0.717, 1.165) is 4.31 Å². The van der Waals surface area contributed by atoms with Gasteiger partial charge in [-0.05, 0) is 19.1 Å². The van der Waals surface area contributed by atoms with E-state index in [2.05, 4.69) is 25.5 Å². The van der Waals surface area contributed by atoms with Crippen LogP contribution in [0.4, 0.5) is 11.8 Å². The van der Waals surface area contributed by atoms with Gasteiger partial charge in [-0.3, -0.25) is 9.36 Å². The van der Waals surface area contributed by atoms with Crippen molar-refractivity contribution >= 4 is 44.6 Å². The second-order valence-corrected chi connectivity index (χ2v) is 10.1. The van der Waals surface area contributed by atoms with Crippen LogP contribution in [0.15, 0.2) is 40.6 Å². The zero-order valence-corrected chi connectivity index (χ0v) is 19.6. The quantitative estimate of drug-likeness (QED) is 0.189. The largest absolute Gasteiger partial charge is 0.394 e. The number of hydrogen-bond donors (Lipinski definition) is 5. The van der Waals surface area contributed by atoms with Crippen molar-refractivity contribution in [2.75, 3.05) is 24.3 Å². The van der Waals surface area contributed by atoms with E-state index < -0.39 is 47.1 Å². The lowest BCUT2D eigenvalue weighted by Gasteiger charge is -2.19. The molecule has 15 nitrogen and oxygen atoms in total. The Morgan fingerprint density at radius 1 is 1.25 bits per heavy atom. The predicted molar refractivity (Wildman–Crippen MR) is 124 cm³/mol. The zero-order chi connectivity index (χ0) is 25.8. The number of amides is 1. The molecule has 190 valence electrons. The molecule has 1 aromatic carbocycles. The molecule has 4 heterocycles. The number of rotatable bonds is 6. The summed E-state index contributed by atoms with van der Waals surface area (Å²) >= 11 is 0. The lowest BCUT2D eigenvalue weighted by molar-refractivity contribution is -0.0501. The summed E-state index contributed by atoms with van der Waals surface area (Å²) in [7, 11) is -4.03. The van der Waals surface area contributed by atoms with Crippen LogP contribution < -0.4 is 11.2 Å². The minimum absolute atomic E-state index is 0.0229. The van der Waals surface area contributed by atoms with Crippen molar-refractivity contribution in [3.63, 3.8) is 0 Å². The molecule has 1 fully saturated rings. The molecule has 1 amide bonds. The van der Waals surface area contributed by atoms with Gasteiger partial charge in [-0.15, -0.1) is 0 Å². The number of aliphatic hydroxyl groups excluding tert-OH is 3. The molecule has 4 atom stereocenters. The third kappa shape index (κ3) is 3.66. The van der Waals surface area contributed by atoms with E-state index in [4.69, 9.17) is 10.5 Å². The lowest BCUT2D eigenvalue weighted by atomic mass is 10.1. The van der Waals surface area contributed by atoms with E-state index in [1.54, 1.807) is 6.07 Å². The van der Waals surface area contributed by atoms with E-state index in [1.165, 1.54) is 36.0 Å². The third-order valence-corrected chi connectivity index (χ3v) is 7.70. The fourth-order valence-electron chi connectivity index (χ4n) is 4.12. The maximum atomic E-state index is 12.8. The Labute approximate surface area is 203 Å². The van der Waals surface area contributed by atoms with Gasteiger partial charge in [0, 0.05) is 0 Å². The summed E-state index contributed by atoms with van der Waals surface area (Å²) in [5.74, 6) is -0.659. The molecule has 6 N–H and O–H groups in total. The number of benzene rings is 1. The predicted octanol–water partition coefficient (Wildman–Crippen LogP) is -1.35. The molecule has 1 saturated heterocycles. The smallest absolute Gasteiger partial charge is 0.269 e. The Kier molecular flexibility index (Phi) is 5.84. The normalized spacial score (nSPS) is 25.5. The van der Waals surface area contributed by atoms with Gasteiger partial charge in [-0.1, -0.05) is 12.1 Å². The average Bonchev–Trinajstić information content (AvgIpc) is 3.43. The fourth-order valence-corrected chi connectivity index (χ4v) is 5.71. The number of imidazole rings is 1. The Morgan fingerprint density at radius 3 is 2.69 bits per heavy atom. The summed E-state index contributed by atoms with van der Waals surface area (Å²) in [6, 6.07) is 5.92. The Balaban J connectivity index is 1.46. The molecule has 2 aliphatic heterocycles. The van der Waals surface area contributed by atoms with Crippen molar-refractivity contribution in [1.29, 1.82) is 0 Å². The topological polar surface area (TPSA) is 218 Å². The summed E-state index contributed by atoms with van der Waals surface area (Å²) in [5, 5.41) is 34.3. The van der Waals surface area contributed by atoms with Gasteiger partial charge in [-0.25, -0.2) is 33.1 Å². The first-order valence-electron chi connectivity index (χ1n) is 10.7. The third-order valence-electron chi connectivity index (χ3n) is 5.91. The highest BCUT2D eigenvalue weighted by molar-refractivity contribution is 7.90. The van der Waals surface area contributed by atoms with Crippen LogP contribution in [0.25, 0.3) is 11.2 Å². The number of anilines is 2. The summed E-state index contributed by atoms with van der Waals surface area (Å²) in [4.78, 5) is 24.9. The molecule has 0 radical (unpaired) electrons. The van der Waals surface area contributed by atoms with Crippen LogP contribution in [0.1, 0.15) is 23.5 Å². The second kappa shape index (κ2) is 8.75. The number of aliphatic hydroxyl groups is 3. The van der Waals surface area contributed by atoms with Crippen molar-refractivity contribution in [1.82, 2.24) is 23.8 Å². The molecular formula is C20H22N8O7S. The highest BCUT2D eigenvalue weighted by Gasteiger charge is 2.45. The molecule has 2 aromatic heterocycles. The van der Waals surface area contributed by atoms with Gasteiger partial charge in [0.15, 0.2) is 23.2 Å². The first-order chi connectivity index (χ1) is 17.1. The van der Waals surface area contributed by atoms with Crippen LogP contribution in [0.5, 0.6) is 0 Å². The van der Waals surface area contributed by atoms with Crippen LogP contribution in [-0.2, 0) is 14.8 Å². The van der Waals surface area contributed by atoms with Crippen LogP contribution in [-0.4, -0.2) is 90.6 Å². The number of hydrogen-bond acceptors (Lipinski definition) is 13. The highest BCUT2D eigenvalue weighted by atomic mass is 32.2. The molecule has 0 aliphatic carbocycles. The van der Waals surface area contributed by atoms with Crippen molar-refractivity contribution in [2.45, 2.75) is 36.4 Å². The zero-order valence-electron chi connectivity index (χ0n) is 18.8. The molecule has 16 heteroatoms. The Bertz CT molecular complexity index is 1490. The molecule has 36 heavy (non-hydrogen) atoms. The highest BCUT2D eigenvalue weighted by Crippen LogP contribution is 2.35. The van der Waals surface area contributed by atoms with Gasteiger partial charge < -0.3 is 25.8 Å². The minimum atomic E-state index is -4.03. The van der Waals surface area contributed by atoms with Crippen LogP contribution in [0.3, 0.4) is 0 Å². The number of nitrogens with two attached hydrogens (primary N) is 1. The van der Waals surface area contributed by atoms with Crippen LogP contribution >= 0.6 is 0 Å². The Hall–Kier alpha value is -3.70. The Morgan fingerprint density at radius 2 is 2.00 bits per heavy atom. The number of aromatic nitrogens is 4. The SMILES string of the molecule is C/C(CN1C(=O)c2ccccc2S1(=O)=O)=N\Nc1nc2c(N)ncnc2n1C1OC(CO)C(O)C1O. The number of nitrogens with zero attached hydrogens (tertiary/aromatic N) is 6. The summed E-state index contributed by atoms with van der Waals surface area (Å²) in [6.07, 6.45) is -3.94. The molecule has 5 rings (SSSR count). The second-order valence-electron chi connectivity index (χ2n) is 8.24. The number of ether oxygens (including phenoxy) is 1. The van der Waals surface area contributed by atoms with Crippen LogP contribution in [0.2, 0.25) is 0 Å². The van der Waals surface area contributed by atoms with Crippen molar-refractivity contribution < 1.29 is 33.3 Å². The van der Waals surface area contributed by atoms with Crippen molar-refractivity contribution in [2.24, 2.45) is 5.10 Å². The minimum Gasteiger partial charge on any atom is -0.394 e. The summed E-state index contributed by atoms with van der Waals surface area (Å²) in [6.45, 7) is 0.629. The van der Waals surface area contributed by atoms with Gasteiger partial charge in [0.05, 0.1) is 24.4 Å². The molecule has 3 aromatic rings. The molecular weight excluding hydrogens is 496 g/mol. The van der Waals surface area contributed by atoms with Crippen LogP contribution in [0, 0.1) is 0 Å². The molecule has 0 bridgehead atoms. The number of fused-ring (bicyclic) bond motifs is 2. The monoisotopic (exact) mass is 518 g/mol. The number of nitrogen functional groups attached to an aromatic ring is 1. The molecule has 2 aliphatic rings. The number of carbonyl (C=O) groups is 1. The van der Waals surface area contributed by atoms with Gasteiger partial charge >= 0.3 is 0 Å². The van der Waals surface area contributed by atoms with E-state index in [0.29, 0.717) is 0 Å². The first kappa shape index (κ1) is 24.0. The number of carbonyl (C=O) groups excluding carboxylic acids is 1.